The zero-order chi connectivity index (χ0) is 11.8. The minimum Gasteiger partial charge on any atom is -0.330 e. The van der Waals surface area contributed by atoms with E-state index in [1.807, 2.05) is 12.1 Å². The van der Waals surface area contributed by atoms with Crippen LogP contribution in [-0.4, -0.2) is 15.0 Å². The largest absolute Gasteiger partial charge is 0.330 e. The number of hydrogen-bond acceptors (Lipinski definition) is 3. The van der Waals surface area contributed by atoms with Gasteiger partial charge in [-0.05, 0) is 42.2 Å². The van der Waals surface area contributed by atoms with Gasteiger partial charge in [0.05, 0.1) is 4.90 Å². The molecule has 4 heteroatoms. The van der Waals surface area contributed by atoms with E-state index in [9.17, 15) is 8.42 Å². The van der Waals surface area contributed by atoms with Gasteiger partial charge in [-0.3, -0.25) is 0 Å². The first-order valence-corrected chi connectivity index (χ1v) is 6.86. The van der Waals surface area contributed by atoms with Crippen LogP contribution in [0.4, 0.5) is 0 Å². The van der Waals surface area contributed by atoms with Gasteiger partial charge >= 0.3 is 0 Å². The van der Waals surface area contributed by atoms with Gasteiger partial charge < -0.3 is 5.73 Å². The molecular weight excluding hydrogens is 222 g/mol. The highest BCUT2D eigenvalue weighted by Crippen LogP contribution is 2.30. The van der Waals surface area contributed by atoms with E-state index in [1.54, 1.807) is 12.1 Å². The number of nitrogens with two attached hydrogens (primary N) is 1. The van der Waals surface area contributed by atoms with Gasteiger partial charge in [0.2, 0.25) is 0 Å². The van der Waals surface area contributed by atoms with Crippen molar-refractivity contribution < 1.29 is 8.42 Å². The lowest BCUT2D eigenvalue weighted by Crippen LogP contribution is -2.05. The third-order valence-corrected chi connectivity index (χ3v) is 4.42. The average Bonchev–Trinajstić information content (AvgIpc) is 2.55. The molecular formula is C12H15NO2S. The van der Waals surface area contributed by atoms with Crippen LogP contribution < -0.4 is 5.73 Å². The number of benzene rings is 1. The molecule has 0 bridgehead atoms. The average molecular weight is 237 g/mol. The normalized spacial score (nSPS) is 18.4. The maximum Gasteiger partial charge on any atom is 0.200 e. The van der Waals surface area contributed by atoms with Crippen LogP contribution >= 0.6 is 0 Å². The summed E-state index contributed by atoms with van der Waals surface area (Å²) in [6, 6.07) is 5.51. The second kappa shape index (κ2) is 4.03. The lowest BCUT2D eigenvalue weighted by molar-refractivity contribution is 0.605. The first-order chi connectivity index (χ1) is 7.54. The summed E-state index contributed by atoms with van der Waals surface area (Å²) in [4.78, 5) is 0.413. The highest BCUT2D eigenvalue weighted by atomic mass is 32.2. The maximum absolute atomic E-state index is 11.6. The van der Waals surface area contributed by atoms with Crippen molar-refractivity contribution in [3.63, 3.8) is 0 Å². The molecule has 0 saturated carbocycles. The number of sulfone groups is 1. The lowest BCUT2D eigenvalue weighted by Gasteiger charge is -2.11. The smallest absolute Gasteiger partial charge is 0.200 e. The minimum atomic E-state index is -3.17. The van der Waals surface area contributed by atoms with E-state index < -0.39 is 9.84 Å². The quantitative estimate of drug-likeness (QED) is 0.873. The van der Waals surface area contributed by atoms with Crippen molar-refractivity contribution in [2.24, 2.45) is 5.73 Å². The van der Waals surface area contributed by atoms with E-state index in [-0.39, 0.29) is 0 Å². The van der Waals surface area contributed by atoms with E-state index in [1.165, 1.54) is 5.41 Å². The SMILES string of the molecule is CC(CCN)c1ccc2c(c1)C=CS2(=O)=O. The number of hydrogen-bond donors (Lipinski definition) is 1. The predicted octanol–water partition coefficient (Wildman–Crippen LogP) is 1.90. The van der Waals surface area contributed by atoms with Crippen molar-refractivity contribution in [1.29, 1.82) is 0 Å². The van der Waals surface area contributed by atoms with Crippen molar-refractivity contribution in [3.8, 4) is 0 Å². The fourth-order valence-electron chi connectivity index (χ4n) is 1.92. The summed E-state index contributed by atoms with van der Waals surface area (Å²) in [7, 11) is -3.17. The summed E-state index contributed by atoms with van der Waals surface area (Å²) in [6.07, 6.45) is 2.57. The zero-order valence-electron chi connectivity index (χ0n) is 9.18. The molecule has 0 aromatic heterocycles. The van der Waals surface area contributed by atoms with E-state index in [0.29, 0.717) is 17.4 Å². The molecule has 1 aliphatic heterocycles. The van der Waals surface area contributed by atoms with Gasteiger partial charge in [0.25, 0.3) is 0 Å². The molecule has 1 aromatic rings. The third kappa shape index (κ3) is 1.90. The van der Waals surface area contributed by atoms with Crippen molar-refractivity contribution in [2.75, 3.05) is 6.54 Å². The van der Waals surface area contributed by atoms with Crippen LogP contribution in [-0.2, 0) is 9.84 Å². The van der Waals surface area contributed by atoms with Crippen molar-refractivity contribution in [3.05, 3.63) is 34.7 Å². The van der Waals surface area contributed by atoms with Crippen LogP contribution in [0.2, 0.25) is 0 Å². The number of fused-ring (bicyclic) bond motifs is 1. The molecule has 1 atom stereocenters. The van der Waals surface area contributed by atoms with Crippen LogP contribution in [0.1, 0.15) is 30.4 Å². The molecule has 0 spiro atoms. The van der Waals surface area contributed by atoms with Crippen molar-refractivity contribution in [2.45, 2.75) is 24.2 Å². The molecule has 1 unspecified atom stereocenters. The van der Waals surface area contributed by atoms with Gasteiger partial charge in [-0.25, -0.2) is 8.42 Å². The van der Waals surface area contributed by atoms with Crippen molar-refractivity contribution >= 4 is 15.9 Å². The van der Waals surface area contributed by atoms with Crippen LogP contribution in [0.15, 0.2) is 28.5 Å². The second-order valence-electron chi connectivity index (χ2n) is 4.12. The Morgan fingerprint density at radius 1 is 1.38 bits per heavy atom. The van der Waals surface area contributed by atoms with Crippen LogP contribution in [0.25, 0.3) is 6.08 Å². The summed E-state index contributed by atoms with van der Waals surface area (Å²) >= 11 is 0. The summed E-state index contributed by atoms with van der Waals surface area (Å²) in [5, 5.41) is 1.26. The van der Waals surface area contributed by atoms with Gasteiger partial charge in [0, 0.05) is 5.41 Å². The standard InChI is InChI=1S/C12H15NO2S/c1-9(4-6-13)10-2-3-12-11(8-10)5-7-16(12,14)15/h2-3,5,7-9H,4,6,13H2,1H3. The molecule has 1 aliphatic rings. The van der Waals surface area contributed by atoms with Crippen LogP contribution in [0.3, 0.4) is 0 Å². The van der Waals surface area contributed by atoms with Gasteiger partial charge in [0.15, 0.2) is 9.84 Å². The molecule has 2 N–H and O–H groups in total. The summed E-state index contributed by atoms with van der Waals surface area (Å²) in [5.74, 6) is 0.368. The molecule has 2 rings (SSSR count). The Labute approximate surface area is 95.9 Å². The lowest BCUT2D eigenvalue weighted by atomic mass is 9.96. The molecule has 86 valence electrons. The Kier molecular flexibility index (Phi) is 2.86. The van der Waals surface area contributed by atoms with Gasteiger partial charge in [-0.15, -0.1) is 0 Å². The fraction of sp³-hybridized carbons (Fsp3) is 0.333. The highest BCUT2D eigenvalue weighted by molar-refractivity contribution is 7.94. The second-order valence-corrected chi connectivity index (χ2v) is 5.93. The first-order valence-electron chi connectivity index (χ1n) is 5.32. The van der Waals surface area contributed by atoms with Crippen LogP contribution in [0, 0.1) is 0 Å². The van der Waals surface area contributed by atoms with E-state index in [4.69, 9.17) is 5.73 Å². The zero-order valence-corrected chi connectivity index (χ0v) is 10.00. The molecule has 1 heterocycles. The van der Waals surface area contributed by atoms with Crippen LogP contribution in [0.5, 0.6) is 0 Å². The Hall–Kier alpha value is -1.13. The molecule has 0 fully saturated rings. The van der Waals surface area contributed by atoms with Crippen molar-refractivity contribution in [1.82, 2.24) is 0 Å². The predicted molar refractivity (Wildman–Crippen MR) is 64.7 cm³/mol. The molecule has 0 amide bonds. The van der Waals surface area contributed by atoms with E-state index in [0.717, 1.165) is 17.5 Å². The first kappa shape index (κ1) is 11.4. The number of rotatable bonds is 3. The Bertz CT molecular complexity index is 532. The molecule has 0 radical (unpaired) electrons. The molecule has 3 nitrogen and oxygen atoms in total. The monoisotopic (exact) mass is 237 g/mol. The Morgan fingerprint density at radius 2 is 2.12 bits per heavy atom. The van der Waals surface area contributed by atoms with Gasteiger partial charge in [0.1, 0.15) is 0 Å². The van der Waals surface area contributed by atoms with Gasteiger partial charge in [-0.2, -0.15) is 0 Å². The summed E-state index contributed by atoms with van der Waals surface area (Å²) < 4.78 is 23.1. The summed E-state index contributed by atoms with van der Waals surface area (Å²) in [5.41, 5.74) is 7.45. The highest BCUT2D eigenvalue weighted by Gasteiger charge is 2.21. The van der Waals surface area contributed by atoms with E-state index in [2.05, 4.69) is 6.92 Å². The molecule has 0 aliphatic carbocycles. The molecule has 1 aromatic carbocycles. The summed E-state index contributed by atoms with van der Waals surface area (Å²) in [6.45, 7) is 2.74. The van der Waals surface area contributed by atoms with E-state index >= 15 is 0 Å². The van der Waals surface area contributed by atoms with Gasteiger partial charge in [-0.1, -0.05) is 19.1 Å². The molecule has 0 saturated heterocycles. The topological polar surface area (TPSA) is 60.2 Å². The molecule has 16 heavy (non-hydrogen) atoms. The fourth-order valence-corrected chi connectivity index (χ4v) is 3.10. The Morgan fingerprint density at radius 3 is 2.81 bits per heavy atom. The minimum absolute atomic E-state index is 0.368. The maximum atomic E-state index is 11.6. The third-order valence-electron chi connectivity index (χ3n) is 2.94. The Balaban J connectivity index is 2.39.